The monoisotopic (exact) mass is 293 g/mol. The number of anilines is 2. The van der Waals surface area contributed by atoms with Crippen molar-refractivity contribution in [2.75, 3.05) is 44.8 Å². The molecule has 1 amide bonds. The number of nitrogens with zero attached hydrogens (tertiary/aromatic N) is 2. The summed E-state index contributed by atoms with van der Waals surface area (Å²) in [5.41, 5.74) is 6.43. The van der Waals surface area contributed by atoms with Gasteiger partial charge in [0.1, 0.15) is 21.5 Å². The van der Waals surface area contributed by atoms with E-state index in [1.807, 2.05) is 25.1 Å². The first kappa shape index (κ1) is 16.0. The van der Waals surface area contributed by atoms with Crippen molar-refractivity contribution >= 4 is 27.9 Å². The lowest BCUT2D eigenvalue weighted by atomic mass is 10.2. The van der Waals surface area contributed by atoms with Crippen LogP contribution in [0.25, 0.3) is 0 Å². The maximum Gasteiger partial charge on any atom is 0.263 e. The minimum atomic E-state index is -0.287. The number of thiophene rings is 1. The molecule has 6 nitrogen and oxygen atoms in total. The van der Waals surface area contributed by atoms with Gasteiger partial charge in [-0.05, 0) is 14.1 Å². The first-order valence-electron chi connectivity index (χ1n) is 6.11. The van der Waals surface area contributed by atoms with Crippen LogP contribution in [-0.2, 0) is 0 Å². The maximum atomic E-state index is 11.9. The minimum Gasteiger partial charge on any atom is -0.396 e. The molecule has 0 saturated carbocycles. The molecule has 1 aromatic rings. The Bertz CT molecular complexity index is 530. The van der Waals surface area contributed by atoms with Gasteiger partial charge in [0, 0.05) is 19.6 Å². The van der Waals surface area contributed by atoms with E-state index in [1.165, 1.54) is 11.3 Å². The van der Waals surface area contributed by atoms with Gasteiger partial charge in [-0.1, -0.05) is 6.08 Å². The number of rotatable bonds is 7. The van der Waals surface area contributed by atoms with Gasteiger partial charge in [0.2, 0.25) is 0 Å². The number of nitrogens with two attached hydrogens (primary N) is 1. The Kier molecular flexibility index (Phi) is 6.03. The number of nitrogen functional groups attached to an aromatic ring is 1. The minimum absolute atomic E-state index is 0.228. The first-order chi connectivity index (χ1) is 9.51. The lowest BCUT2D eigenvalue weighted by Crippen LogP contribution is -2.23. The third-order valence-electron chi connectivity index (χ3n) is 2.51. The molecule has 108 valence electrons. The Hall–Kier alpha value is -2.04. The smallest absolute Gasteiger partial charge is 0.263 e. The number of carbonyl (C=O) groups excluding carboxylic acids is 1. The van der Waals surface area contributed by atoms with Crippen LogP contribution in [-0.4, -0.2) is 44.5 Å². The maximum absolute atomic E-state index is 11.9. The van der Waals surface area contributed by atoms with Crippen molar-refractivity contribution in [2.45, 2.75) is 0 Å². The number of nitriles is 1. The molecule has 0 aromatic carbocycles. The SMILES string of the molecule is C=CCNC(=O)c1sc(NCCN(C)C)c(C#N)c1N. The normalized spacial score (nSPS) is 10.1. The zero-order chi connectivity index (χ0) is 15.1. The van der Waals surface area contributed by atoms with Crippen LogP contribution >= 0.6 is 11.3 Å². The highest BCUT2D eigenvalue weighted by Crippen LogP contribution is 2.34. The summed E-state index contributed by atoms with van der Waals surface area (Å²) >= 11 is 1.20. The lowest BCUT2D eigenvalue weighted by molar-refractivity contribution is 0.0963. The van der Waals surface area contributed by atoms with Crippen LogP contribution in [0.4, 0.5) is 10.7 Å². The van der Waals surface area contributed by atoms with Crippen molar-refractivity contribution in [1.29, 1.82) is 5.26 Å². The first-order valence-corrected chi connectivity index (χ1v) is 6.93. The Morgan fingerprint density at radius 3 is 2.85 bits per heavy atom. The fraction of sp³-hybridized carbons (Fsp3) is 0.385. The quantitative estimate of drug-likeness (QED) is 0.654. The number of hydrogen-bond acceptors (Lipinski definition) is 6. The van der Waals surface area contributed by atoms with Crippen LogP contribution in [0.3, 0.4) is 0 Å². The van der Waals surface area contributed by atoms with Gasteiger partial charge in [-0.15, -0.1) is 17.9 Å². The fourth-order valence-corrected chi connectivity index (χ4v) is 2.50. The summed E-state index contributed by atoms with van der Waals surface area (Å²) in [5.74, 6) is -0.287. The summed E-state index contributed by atoms with van der Waals surface area (Å²) in [7, 11) is 3.92. The largest absolute Gasteiger partial charge is 0.396 e. The van der Waals surface area contributed by atoms with Crippen molar-refractivity contribution in [2.24, 2.45) is 0 Å². The topological polar surface area (TPSA) is 94.2 Å². The van der Waals surface area contributed by atoms with E-state index in [0.717, 1.165) is 6.54 Å². The van der Waals surface area contributed by atoms with Gasteiger partial charge in [0.15, 0.2) is 0 Å². The molecule has 0 aliphatic heterocycles. The number of nitrogens with one attached hydrogen (secondary N) is 2. The van der Waals surface area contributed by atoms with Crippen molar-refractivity contribution in [3.05, 3.63) is 23.1 Å². The molecule has 1 heterocycles. The Balaban J connectivity index is 2.88. The lowest BCUT2D eigenvalue weighted by Gasteiger charge is -2.10. The molecule has 0 atom stereocenters. The van der Waals surface area contributed by atoms with E-state index in [4.69, 9.17) is 11.0 Å². The molecule has 0 aliphatic rings. The van der Waals surface area contributed by atoms with Crippen molar-refractivity contribution in [3.8, 4) is 6.07 Å². The second-order valence-electron chi connectivity index (χ2n) is 4.39. The molecule has 0 unspecified atom stereocenters. The second kappa shape index (κ2) is 7.53. The van der Waals surface area contributed by atoms with Gasteiger partial charge in [0.25, 0.3) is 5.91 Å². The molecule has 20 heavy (non-hydrogen) atoms. The van der Waals surface area contributed by atoms with Crippen molar-refractivity contribution < 1.29 is 4.79 Å². The van der Waals surface area contributed by atoms with E-state index in [1.54, 1.807) is 6.08 Å². The number of likely N-dealkylation sites (N-methyl/N-ethyl adjacent to an activating group) is 1. The highest BCUT2D eigenvalue weighted by molar-refractivity contribution is 7.18. The molecule has 4 N–H and O–H groups in total. The summed E-state index contributed by atoms with van der Waals surface area (Å²) in [6.07, 6.45) is 1.59. The van der Waals surface area contributed by atoms with Crippen molar-refractivity contribution in [1.82, 2.24) is 10.2 Å². The third kappa shape index (κ3) is 3.98. The second-order valence-corrected chi connectivity index (χ2v) is 5.41. The zero-order valence-electron chi connectivity index (χ0n) is 11.7. The molecular formula is C13H19N5OS. The van der Waals surface area contributed by atoms with Crippen LogP contribution in [0, 0.1) is 11.3 Å². The van der Waals surface area contributed by atoms with E-state index >= 15 is 0 Å². The molecule has 0 bridgehead atoms. The number of carbonyl (C=O) groups is 1. The van der Waals surface area contributed by atoms with Crippen molar-refractivity contribution in [3.63, 3.8) is 0 Å². The molecule has 7 heteroatoms. The van der Waals surface area contributed by atoms with E-state index in [0.29, 0.717) is 28.5 Å². The van der Waals surface area contributed by atoms with E-state index in [2.05, 4.69) is 17.2 Å². The highest BCUT2D eigenvalue weighted by Gasteiger charge is 2.20. The van der Waals surface area contributed by atoms with Gasteiger partial charge in [-0.25, -0.2) is 0 Å². The molecular weight excluding hydrogens is 274 g/mol. The summed E-state index contributed by atoms with van der Waals surface area (Å²) in [6.45, 7) is 5.39. The van der Waals surface area contributed by atoms with Gasteiger partial charge < -0.3 is 21.3 Å². The van der Waals surface area contributed by atoms with Crippen LogP contribution in [0.5, 0.6) is 0 Å². The van der Waals surface area contributed by atoms with Gasteiger partial charge in [0.05, 0.1) is 5.69 Å². The van der Waals surface area contributed by atoms with Crippen LogP contribution in [0.1, 0.15) is 15.2 Å². The summed E-state index contributed by atoms with van der Waals surface area (Å²) in [4.78, 5) is 14.3. The summed E-state index contributed by atoms with van der Waals surface area (Å²) < 4.78 is 0. The third-order valence-corrected chi connectivity index (χ3v) is 3.68. The standard InChI is InChI=1S/C13H19N5OS/c1-4-5-16-12(19)11-10(15)9(8-14)13(20-11)17-6-7-18(2)3/h4,17H,1,5-7,15H2,2-3H3,(H,16,19). The van der Waals surface area contributed by atoms with E-state index in [-0.39, 0.29) is 11.6 Å². The highest BCUT2D eigenvalue weighted by atomic mass is 32.1. The molecule has 1 aromatic heterocycles. The zero-order valence-corrected chi connectivity index (χ0v) is 12.5. The van der Waals surface area contributed by atoms with Gasteiger partial charge in [-0.3, -0.25) is 4.79 Å². The predicted octanol–water partition coefficient (Wildman–Crippen LogP) is 1.09. The Morgan fingerprint density at radius 1 is 1.60 bits per heavy atom. The van der Waals surface area contributed by atoms with Gasteiger partial charge in [-0.2, -0.15) is 5.26 Å². The molecule has 0 aliphatic carbocycles. The molecule has 0 radical (unpaired) electrons. The molecule has 0 saturated heterocycles. The Labute approximate surface area is 122 Å². The average Bonchev–Trinajstić information content (AvgIpc) is 2.72. The van der Waals surface area contributed by atoms with Crippen LogP contribution in [0.15, 0.2) is 12.7 Å². The van der Waals surface area contributed by atoms with E-state index < -0.39 is 0 Å². The molecule has 1 rings (SSSR count). The molecule has 0 spiro atoms. The predicted molar refractivity (Wildman–Crippen MR) is 83.0 cm³/mol. The average molecular weight is 293 g/mol. The van der Waals surface area contributed by atoms with Gasteiger partial charge >= 0.3 is 0 Å². The summed E-state index contributed by atoms with van der Waals surface area (Å²) in [5, 5.41) is 15.6. The number of hydrogen-bond donors (Lipinski definition) is 3. The molecule has 0 fully saturated rings. The van der Waals surface area contributed by atoms with Crippen LogP contribution in [0.2, 0.25) is 0 Å². The Morgan fingerprint density at radius 2 is 2.30 bits per heavy atom. The fourth-order valence-electron chi connectivity index (χ4n) is 1.49. The van der Waals surface area contributed by atoms with Crippen LogP contribution < -0.4 is 16.4 Å². The summed E-state index contributed by atoms with van der Waals surface area (Å²) in [6, 6.07) is 2.04. The number of amides is 1. The van der Waals surface area contributed by atoms with E-state index in [9.17, 15) is 4.79 Å².